The van der Waals surface area contributed by atoms with Gasteiger partial charge in [0.2, 0.25) is 6.79 Å². The molecule has 2 heterocycles. The van der Waals surface area contributed by atoms with Gasteiger partial charge in [-0.1, -0.05) is 6.92 Å². The number of ether oxygens (including phenoxy) is 3. The number of Topliss-reactive ketones (excluding diaryl/α,β-unsaturated/α-hetero) is 1. The van der Waals surface area contributed by atoms with Crippen LogP contribution in [0.5, 0.6) is 11.5 Å². The van der Waals surface area contributed by atoms with Crippen LogP contribution in [0.2, 0.25) is 0 Å². The molecule has 1 aromatic rings. The minimum atomic E-state index is 0.112. The summed E-state index contributed by atoms with van der Waals surface area (Å²) in [6.45, 7) is 6.32. The van der Waals surface area contributed by atoms with Crippen molar-refractivity contribution in [2.75, 3.05) is 26.5 Å². The third-order valence-corrected chi connectivity index (χ3v) is 4.09. The minimum absolute atomic E-state index is 0.112. The number of carbonyl (C=O) groups is 1. The average Bonchev–Trinajstić information content (AvgIpc) is 2.94. The number of ketones is 1. The monoisotopic (exact) mass is 291 g/mol. The molecule has 0 spiro atoms. The van der Waals surface area contributed by atoms with E-state index in [9.17, 15) is 4.79 Å². The molecular formula is C16H21NO4. The maximum absolute atomic E-state index is 12.5. The first-order valence-corrected chi connectivity index (χ1v) is 7.46. The van der Waals surface area contributed by atoms with Crippen LogP contribution in [0, 0.1) is 0 Å². The first-order valence-electron chi connectivity index (χ1n) is 7.46. The van der Waals surface area contributed by atoms with Gasteiger partial charge in [-0.05, 0) is 31.5 Å². The first kappa shape index (κ1) is 14.4. The molecule has 1 fully saturated rings. The minimum Gasteiger partial charge on any atom is -0.454 e. The van der Waals surface area contributed by atoms with Gasteiger partial charge in [0.25, 0.3) is 0 Å². The van der Waals surface area contributed by atoms with Crippen molar-refractivity contribution in [2.24, 2.45) is 0 Å². The lowest BCUT2D eigenvalue weighted by atomic mass is 10.1. The van der Waals surface area contributed by atoms with Gasteiger partial charge in [0, 0.05) is 18.2 Å². The van der Waals surface area contributed by atoms with Gasteiger partial charge < -0.3 is 14.2 Å². The lowest BCUT2D eigenvalue weighted by Gasteiger charge is -2.37. The molecule has 0 bridgehead atoms. The number of carbonyl (C=O) groups excluding carboxylic acids is 1. The Morgan fingerprint density at radius 2 is 2.14 bits per heavy atom. The van der Waals surface area contributed by atoms with E-state index in [4.69, 9.17) is 14.2 Å². The molecule has 0 saturated carbocycles. The van der Waals surface area contributed by atoms with E-state index in [2.05, 4.69) is 11.8 Å². The second kappa shape index (κ2) is 6.03. The highest BCUT2D eigenvalue weighted by atomic mass is 16.7. The fourth-order valence-electron chi connectivity index (χ4n) is 2.83. The average molecular weight is 291 g/mol. The fourth-order valence-corrected chi connectivity index (χ4v) is 2.83. The number of benzene rings is 1. The van der Waals surface area contributed by atoms with Crippen LogP contribution in [0.15, 0.2) is 18.2 Å². The van der Waals surface area contributed by atoms with Crippen LogP contribution in [0.4, 0.5) is 0 Å². The third-order valence-electron chi connectivity index (χ3n) is 4.09. The summed E-state index contributed by atoms with van der Waals surface area (Å²) in [6.07, 6.45) is 1.17. The van der Waals surface area contributed by atoms with Crippen LogP contribution in [-0.2, 0) is 4.74 Å². The Labute approximate surface area is 124 Å². The van der Waals surface area contributed by atoms with Crippen LogP contribution in [0.25, 0.3) is 0 Å². The fraction of sp³-hybridized carbons (Fsp3) is 0.562. The molecule has 5 heteroatoms. The van der Waals surface area contributed by atoms with E-state index in [0.29, 0.717) is 36.3 Å². The molecule has 5 nitrogen and oxygen atoms in total. The smallest absolute Gasteiger partial charge is 0.231 e. The predicted molar refractivity (Wildman–Crippen MR) is 78.0 cm³/mol. The molecule has 0 radical (unpaired) electrons. The molecule has 1 saturated heterocycles. The van der Waals surface area contributed by atoms with Crippen molar-refractivity contribution in [1.29, 1.82) is 0 Å². The van der Waals surface area contributed by atoms with Crippen molar-refractivity contribution in [1.82, 2.24) is 4.90 Å². The summed E-state index contributed by atoms with van der Waals surface area (Å²) in [4.78, 5) is 14.7. The normalized spacial score (nSPS) is 25.0. The molecule has 2 aliphatic heterocycles. The lowest BCUT2D eigenvalue weighted by Crippen LogP contribution is -2.50. The van der Waals surface area contributed by atoms with Crippen LogP contribution in [-0.4, -0.2) is 49.3 Å². The lowest BCUT2D eigenvalue weighted by molar-refractivity contribution is -0.0523. The summed E-state index contributed by atoms with van der Waals surface area (Å²) in [7, 11) is 0. The van der Waals surface area contributed by atoms with E-state index >= 15 is 0 Å². The highest BCUT2D eigenvalue weighted by Crippen LogP contribution is 2.32. The Hall–Kier alpha value is -1.59. The van der Waals surface area contributed by atoms with E-state index in [-0.39, 0.29) is 18.7 Å². The van der Waals surface area contributed by atoms with Gasteiger partial charge >= 0.3 is 0 Å². The second-order valence-electron chi connectivity index (χ2n) is 5.63. The van der Waals surface area contributed by atoms with Gasteiger partial charge in [-0.25, -0.2) is 0 Å². The van der Waals surface area contributed by atoms with Gasteiger partial charge in [0.05, 0.1) is 19.3 Å². The summed E-state index contributed by atoms with van der Waals surface area (Å²) in [6, 6.07) is 5.70. The molecule has 2 aliphatic rings. The number of hydrogen-bond donors (Lipinski definition) is 0. The van der Waals surface area contributed by atoms with E-state index in [0.717, 1.165) is 13.0 Å². The van der Waals surface area contributed by atoms with E-state index in [1.54, 1.807) is 18.2 Å². The quantitative estimate of drug-likeness (QED) is 0.795. The van der Waals surface area contributed by atoms with Crippen LogP contribution in [0.3, 0.4) is 0 Å². The molecule has 0 amide bonds. The Bertz CT molecular complexity index is 531. The number of morpholine rings is 1. The van der Waals surface area contributed by atoms with Gasteiger partial charge in [-0.15, -0.1) is 0 Å². The SMILES string of the molecule is CCC1COC(C)CN1CC(=O)c1ccc2c(c1)OCO2. The zero-order chi connectivity index (χ0) is 14.8. The largest absolute Gasteiger partial charge is 0.454 e. The zero-order valence-corrected chi connectivity index (χ0v) is 12.5. The van der Waals surface area contributed by atoms with Crippen molar-refractivity contribution < 1.29 is 19.0 Å². The Balaban J connectivity index is 1.70. The standard InChI is InChI=1S/C16H21NO4/c1-3-13-9-19-11(2)7-17(13)8-14(18)12-4-5-15-16(6-12)21-10-20-15/h4-6,11,13H,3,7-10H2,1-2H3. The number of fused-ring (bicyclic) bond motifs is 1. The summed E-state index contributed by atoms with van der Waals surface area (Å²) in [5, 5.41) is 0. The predicted octanol–water partition coefficient (Wildman–Crippen LogP) is 2.10. The maximum atomic E-state index is 12.5. The van der Waals surface area contributed by atoms with Crippen molar-refractivity contribution in [3.05, 3.63) is 23.8 Å². The van der Waals surface area contributed by atoms with Gasteiger partial charge in [0.15, 0.2) is 17.3 Å². The van der Waals surface area contributed by atoms with Gasteiger partial charge in [-0.2, -0.15) is 0 Å². The van der Waals surface area contributed by atoms with E-state index < -0.39 is 0 Å². The zero-order valence-electron chi connectivity index (χ0n) is 12.5. The summed E-state index contributed by atoms with van der Waals surface area (Å²) in [5.74, 6) is 1.47. The van der Waals surface area contributed by atoms with E-state index in [1.807, 2.05) is 6.92 Å². The van der Waals surface area contributed by atoms with Gasteiger partial charge in [0.1, 0.15) is 0 Å². The van der Waals surface area contributed by atoms with Crippen LogP contribution in [0.1, 0.15) is 30.6 Å². The molecule has 1 aromatic carbocycles. The molecule has 2 unspecified atom stereocenters. The molecular weight excluding hydrogens is 270 g/mol. The Kier molecular flexibility index (Phi) is 4.12. The molecule has 114 valence electrons. The van der Waals surface area contributed by atoms with Crippen LogP contribution < -0.4 is 9.47 Å². The second-order valence-corrected chi connectivity index (χ2v) is 5.63. The molecule has 2 atom stereocenters. The highest BCUT2D eigenvalue weighted by Gasteiger charge is 2.27. The molecule has 21 heavy (non-hydrogen) atoms. The molecule has 0 N–H and O–H groups in total. The first-order chi connectivity index (χ1) is 10.2. The van der Waals surface area contributed by atoms with Crippen LogP contribution >= 0.6 is 0 Å². The number of nitrogens with zero attached hydrogens (tertiary/aromatic N) is 1. The molecule has 3 rings (SSSR count). The van der Waals surface area contributed by atoms with Crippen molar-refractivity contribution in [3.63, 3.8) is 0 Å². The summed E-state index contributed by atoms with van der Waals surface area (Å²) >= 11 is 0. The number of hydrogen-bond acceptors (Lipinski definition) is 5. The highest BCUT2D eigenvalue weighted by molar-refractivity contribution is 5.98. The van der Waals surface area contributed by atoms with Crippen molar-refractivity contribution in [3.8, 4) is 11.5 Å². The van der Waals surface area contributed by atoms with Crippen molar-refractivity contribution >= 4 is 5.78 Å². The third kappa shape index (κ3) is 3.04. The van der Waals surface area contributed by atoms with Gasteiger partial charge in [-0.3, -0.25) is 9.69 Å². The van der Waals surface area contributed by atoms with E-state index in [1.165, 1.54) is 0 Å². The van der Waals surface area contributed by atoms with Crippen molar-refractivity contribution in [2.45, 2.75) is 32.4 Å². The Morgan fingerprint density at radius 1 is 1.33 bits per heavy atom. The molecule has 0 aromatic heterocycles. The number of rotatable bonds is 4. The summed E-state index contributed by atoms with van der Waals surface area (Å²) < 4.78 is 16.3. The molecule has 0 aliphatic carbocycles. The topological polar surface area (TPSA) is 48.0 Å². The maximum Gasteiger partial charge on any atom is 0.231 e. The summed E-state index contributed by atoms with van der Waals surface area (Å²) in [5.41, 5.74) is 0.674. The Morgan fingerprint density at radius 3 is 2.95 bits per heavy atom.